The number of carbonyl (C=O) groups is 1. The number of amides is 1. The van der Waals surface area contributed by atoms with Crippen molar-refractivity contribution in [2.45, 2.75) is 89.8 Å². The molecular formula is C25H37N3O. The van der Waals surface area contributed by atoms with E-state index >= 15 is 0 Å². The fourth-order valence-corrected chi connectivity index (χ4v) is 6.89. The molecule has 0 unspecified atom stereocenters. The van der Waals surface area contributed by atoms with Crippen LogP contribution in [0.3, 0.4) is 0 Å². The van der Waals surface area contributed by atoms with Gasteiger partial charge in [-0.25, -0.2) is 0 Å². The number of carbonyl (C=O) groups excluding carboxylic acids is 1. The quantitative estimate of drug-likeness (QED) is 0.750. The van der Waals surface area contributed by atoms with Gasteiger partial charge in [0.15, 0.2) is 0 Å². The van der Waals surface area contributed by atoms with Crippen molar-refractivity contribution in [1.82, 2.24) is 14.8 Å². The molecule has 2 bridgehead atoms. The third kappa shape index (κ3) is 4.10. The summed E-state index contributed by atoms with van der Waals surface area (Å²) in [6.45, 7) is 5.34. The molecule has 1 aromatic heterocycles. The van der Waals surface area contributed by atoms with Crippen LogP contribution in [0.4, 0.5) is 0 Å². The van der Waals surface area contributed by atoms with Crippen molar-refractivity contribution in [2.24, 2.45) is 17.8 Å². The van der Waals surface area contributed by atoms with Gasteiger partial charge in [0.1, 0.15) is 0 Å². The maximum Gasteiger partial charge on any atom is 0.223 e. The average molecular weight is 396 g/mol. The van der Waals surface area contributed by atoms with E-state index in [0.717, 1.165) is 38.4 Å². The molecule has 3 saturated heterocycles. The molecule has 0 aromatic carbocycles. The van der Waals surface area contributed by atoms with Crippen molar-refractivity contribution in [3.05, 3.63) is 29.6 Å². The second-order valence-corrected chi connectivity index (χ2v) is 10.3. The van der Waals surface area contributed by atoms with E-state index in [1.54, 1.807) is 0 Å². The number of aromatic nitrogens is 1. The highest BCUT2D eigenvalue weighted by Crippen LogP contribution is 2.44. The molecule has 4 atom stereocenters. The van der Waals surface area contributed by atoms with Crippen LogP contribution in [0.15, 0.2) is 18.3 Å². The summed E-state index contributed by atoms with van der Waals surface area (Å²) in [5.41, 5.74) is 2.42. The molecule has 0 radical (unpaired) electrons. The second kappa shape index (κ2) is 8.37. The number of hydrogen-bond acceptors (Lipinski definition) is 3. The normalized spacial score (nSPS) is 33.6. The summed E-state index contributed by atoms with van der Waals surface area (Å²) >= 11 is 0. The molecule has 1 aliphatic carbocycles. The predicted molar refractivity (Wildman–Crippen MR) is 115 cm³/mol. The van der Waals surface area contributed by atoms with E-state index in [4.69, 9.17) is 0 Å². The Morgan fingerprint density at radius 1 is 1.03 bits per heavy atom. The summed E-state index contributed by atoms with van der Waals surface area (Å²) < 4.78 is 0. The predicted octanol–water partition coefficient (Wildman–Crippen LogP) is 4.56. The number of aryl methyl sites for hydroxylation is 1. The molecular weight excluding hydrogens is 358 g/mol. The lowest BCUT2D eigenvalue weighted by Crippen LogP contribution is -2.65. The van der Waals surface area contributed by atoms with Gasteiger partial charge in [-0.05, 0) is 62.0 Å². The minimum atomic E-state index is 0.463. The zero-order valence-corrected chi connectivity index (χ0v) is 18.1. The van der Waals surface area contributed by atoms with Gasteiger partial charge in [0.25, 0.3) is 0 Å². The molecule has 5 rings (SSSR count). The highest BCUT2D eigenvalue weighted by molar-refractivity contribution is 5.78. The van der Waals surface area contributed by atoms with Crippen molar-refractivity contribution < 1.29 is 4.79 Å². The fraction of sp³-hybridized carbons (Fsp3) is 0.760. The van der Waals surface area contributed by atoms with Crippen LogP contribution >= 0.6 is 0 Å². The molecule has 4 fully saturated rings. The van der Waals surface area contributed by atoms with Crippen LogP contribution in [0.1, 0.15) is 75.5 Å². The van der Waals surface area contributed by atoms with E-state index in [9.17, 15) is 4.79 Å². The molecule has 1 aromatic rings. The highest BCUT2D eigenvalue weighted by Gasteiger charge is 2.49. The van der Waals surface area contributed by atoms with E-state index in [-0.39, 0.29) is 0 Å². The van der Waals surface area contributed by atoms with E-state index in [1.807, 2.05) is 6.20 Å². The average Bonchev–Trinajstić information content (AvgIpc) is 2.74. The number of rotatable bonds is 4. The lowest BCUT2D eigenvalue weighted by Gasteiger charge is -2.57. The summed E-state index contributed by atoms with van der Waals surface area (Å²) in [5, 5.41) is 0. The number of pyridine rings is 1. The van der Waals surface area contributed by atoms with Crippen LogP contribution in [-0.4, -0.2) is 45.9 Å². The van der Waals surface area contributed by atoms with E-state index < -0.39 is 0 Å². The molecule has 4 heterocycles. The minimum Gasteiger partial charge on any atom is -0.336 e. The molecule has 4 aliphatic rings. The Morgan fingerprint density at radius 2 is 1.86 bits per heavy atom. The highest BCUT2D eigenvalue weighted by atomic mass is 16.2. The SMILES string of the molecule is Cc1ccc(CN2C[C@H]3C[C@@H](C2)[C@H](CC2CCCCC2)N2C(=O)CCC[C@@H]32)nc1. The van der Waals surface area contributed by atoms with Gasteiger partial charge in [-0.1, -0.05) is 38.2 Å². The summed E-state index contributed by atoms with van der Waals surface area (Å²) in [6, 6.07) is 5.35. The summed E-state index contributed by atoms with van der Waals surface area (Å²) in [5.74, 6) is 2.62. The van der Waals surface area contributed by atoms with Crippen molar-refractivity contribution in [3.63, 3.8) is 0 Å². The third-order valence-corrected chi connectivity index (χ3v) is 8.23. The van der Waals surface area contributed by atoms with Crippen molar-refractivity contribution in [2.75, 3.05) is 13.1 Å². The first-order valence-electron chi connectivity index (χ1n) is 12.1. The first-order valence-corrected chi connectivity index (χ1v) is 12.1. The zero-order chi connectivity index (χ0) is 19.8. The van der Waals surface area contributed by atoms with Gasteiger partial charge >= 0.3 is 0 Å². The van der Waals surface area contributed by atoms with Crippen LogP contribution < -0.4 is 0 Å². The molecule has 0 spiro atoms. The number of likely N-dealkylation sites (tertiary alicyclic amines) is 1. The molecule has 3 aliphatic heterocycles. The first kappa shape index (κ1) is 19.5. The zero-order valence-electron chi connectivity index (χ0n) is 18.1. The Hall–Kier alpha value is -1.42. The third-order valence-electron chi connectivity index (χ3n) is 8.23. The Bertz CT molecular complexity index is 711. The first-order chi connectivity index (χ1) is 14.2. The van der Waals surface area contributed by atoms with Crippen molar-refractivity contribution in [3.8, 4) is 0 Å². The Kier molecular flexibility index (Phi) is 5.64. The maximum absolute atomic E-state index is 13.0. The molecule has 4 heteroatoms. The topological polar surface area (TPSA) is 36.4 Å². The van der Waals surface area contributed by atoms with Crippen molar-refractivity contribution in [1.29, 1.82) is 0 Å². The molecule has 29 heavy (non-hydrogen) atoms. The van der Waals surface area contributed by atoms with Gasteiger partial charge in [-0.15, -0.1) is 0 Å². The molecule has 4 nitrogen and oxygen atoms in total. The van der Waals surface area contributed by atoms with E-state index in [2.05, 4.69) is 33.8 Å². The smallest absolute Gasteiger partial charge is 0.223 e. The number of fused-ring (bicyclic) bond motifs is 4. The Balaban J connectivity index is 1.35. The summed E-state index contributed by atoms with van der Waals surface area (Å²) in [4.78, 5) is 22.8. The number of piperidine rings is 3. The maximum atomic E-state index is 13.0. The second-order valence-electron chi connectivity index (χ2n) is 10.3. The number of hydrogen-bond donors (Lipinski definition) is 0. The van der Waals surface area contributed by atoms with Crippen LogP contribution in [-0.2, 0) is 11.3 Å². The van der Waals surface area contributed by atoms with Crippen LogP contribution in [0.5, 0.6) is 0 Å². The lowest BCUT2D eigenvalue weighted by atomic mass is 9.69. The van der Waals surface area contributed by atoms with Gasteiger partial charge < -0.3 is 4.90 Å². The minimum absolute atomic E-state index is 0.463. The van der Waals surface area contributed by atoms with Crippen LogP contribution in [0, 0.1) is 24.7 Å². The fourth-order valence-electron chi connectivity index (χ4n) is 6.89. The lowest BCUT2D eigenvalue weighted by molar-refractivity contribution is -0.154. The Morgan fingerprint density at radius 3 is 2.66 bits per heavy atom. The monoisotopic (exact) mass is 395 g/mol. The van der Waals surface area contributed by atoms with Gasteiger partial charge in [-0.2, -0.15) is 0 Å². The molecule has 1 saturated carbocycles. The van der Waals surface area contributed by atoms with E-state index in [0.29, 0.717) is 29.8 Å². The Labute approximate surface area is 176 Å². The summed E-state index contributed by atoms with van der Waals surface area (Å²) in [6.07, 6.45) is 14.7. The van der Waals surface area contributed by atoms with Crippen LogP contribution in [0.2, 0.25) is 0 Å². The largest absolute Gasteiger partial charge is 0.336 e. The number of nitrogens with zero attached hydrogens (tertiary/aromatic N) is 3. The van der Waals surface area contributed by atoms with Crippen LogP contribution in [0.25, 0.3) is 0 Å². The molecule has 0 N–H and O–H groups in total. The van der Waals surface area contributed by atoms with Crippen molar-refractivity contribution >= 4 is 5.91 Å². The van der Waals surface area contributed by atoms with Gasteiger partial charge in [0.2, 0.25) is 5.91 Å². The van der Waals surface area contributed by atoms with Gasteiger partial charge in [0.05, 0.1) is 5.69 Å². The molecule has 1 amide bonds. The van der Waals surface area contributed by atoms with Gasteiger partial charge in [0, 0.05) is 44.3 Å². The standard InChI is InChI=1S/C25H37N3O/c1-18-10-11-22(26-14-18)17-27-15-20-13-21(16-27)24(12-19-6-3-2-4-7-19)28-23(20)8-5-9-25(28)29/h10-11,14,19-21,23-24H,2-9,12-13,15-17H2,1H3/t20-,21+,23+,24+/m1/s1. The molecule has 158 valence electrons. The van der Waals surface area contributed by atoms with Gasteiger partial charge in [-0.3, -0.25) is 14.7 Å². The summed E-state index contributed by atoms with van der Waals surface area (Å²) in [7, 11) is 0. The van der Waals surface area contributed by atoms with E-state index in [1.165, 1.54) is 62.6 Å².